The first kappa shape index (κ1) is 13.9. The summed E-state index contributed by atoms with van der Waals surface area (Å²) in [4.78, 5) is 13.2. The molecule has 0 saturated heterocycles. The fraction of sp³-hybridized carbons (Fsp3) is 0.250. The quantitative estimate of drug-likeness (QED) is 0.719. The summed E-state index contributed by atoms with van der Waals surface area (Å²) in [5.74, 6) is 2.72. The molecule has 0 aliphatic heterocycles. The third-order valence-electron chi connectivity index (χ3n) is 3.10. The van der Waals surface area contributed by atoms with Gasteiger partial charge in [-0.2, -0.15) is 0 Å². The number of nitrogens with zero attached hydrogens (tertiary/aromatic N) is 2. The van der Waals surface area contributed by atoms with Crippen molar-refractivity contribution < 1.29 is 4.74 Å². The second kappa shape index (κ2) is 6.18. The van der Waals surface area contributed by atoms with E-state index >= 15 is 0 Å². The largest absolute Gasteiger partial charge is 0.493 e. The molecular weight excluding hydrogens is 282 g/mol. The lowest BCUT2D eigenvalue weighted by molar-refractivity contribution is 0.340. The van der Waals surface area contributed by atoms with Crippen molar-refractivity contribution in [3.63, 3.8) is 0 Å². The first-order chi connectivity index (χ1) is 10.3. The summed E-state index contributed by atoms with van der Waals surface area (Å²) in [6.07, 6.45) is 3.52. The lowest BCUT2D eigenvalue weighted by atomic mass is 10.2. The normalized spacial score (nSPS) is 11.0. The van der Waals surface area contributed by atoms with Gasteiger partial charge in [0.1, 0.15) is 17.1 Å². The first-order valence-corrected chi connectivity index (χ1v) is 8.00. The molecule has 0 bridgehead atoms. The number of imidazole rings is 1. The smallest absolute Gasteiger partial charge is 0.142 e. The van der Waals surface area contributed by atoms with Crippen molar-refractivity contribution in [2.24, 2.45) is 0 Å². The number of hydrogen-bond donors (Lipinski definition) is 1. The minimum absolute atomic E-state index is 0.634. The summed E-state index contributed by atoms with van der Waals surface area (Å²) in [6.45, 7) is 4.77. The van der Waals surface area contributed by atoms with E-state index in [1.54, 1.807) is 24.2 Å². The molecule has 1 aromatic carbocycles. The molecule has 0 radical (unpaired) electrons. The van der Waals surface area contributed by atoms with Gasteiger partial charge < -0.3 is 9.72 Å². The molecule has 3 rings (SSSR count). The molecule has 2 heterocycles. The van der Waals surface area contributed by atoms with Gasteiger partial charge in [0.25, 0.3) is 0 Å². The second-order valence-corrected chi connectivity index (χ2v) is 5.84. The van der Waals surface area contributed by atoms with Gasteiger partial charge in [-0.05, 0) is 36.9 Å². The maximum atomic E-state index is 5.79. The van der Waals surface area contributed by atoms with E-state index in [0.717, 1.165) is 33.9 Å². The van der Waals surface area contributed by atoms with Crippen molar-refractivity contribution >= 4 is 22.8 Å². The van der Waals surface area contributed by atoms with Crippen LogP contribution in [-0.2, 0) is 0 Å². The van der Waals surface area contributed by atoms with Crippen LogP contribution < -0.4 is 4.74 Å². The van der Waals surface area contributed by atoms with Gasteiger partial charge in [-0.25, -0.2) is 4.98 Å². The van der Waals surface area contributed by atoms with E-state index in [1.807, 2.05) is 13.0 Å². The van der Waals surface area contributed by atoms with Crippen LogP contribution in [0.3, 0.4) is 0 Å². The predicted octanol–water partition coefficient (Wildman–Crippen LogP) is 4.14. The highest BCUT2D eigenvalue weighted by atomic mass is 32.2. The Morgan fingerprint density at radius 3 is 2.90 bits per heavy atom. The molecule has 3 aromatic rings. The molecule has 0 atom stereocenters. The molecule has 21 heavy (non-hydrogen) atoms. The van der Waals surface area contributed by atoms with Crippen LogP contribution in [0.5, 0.6) is 5.75 Å². The molecule has 5 heteroatoms. The maximum Gasteiger partial charge on any atom is 0.142 e. The maximum absolute atomic E-state index is 5.79. The molecule has 4 nitrogen and oxygen atoms in total. The molecule has 0 spiro atoms. The number of rotatable bonds is 5. The molecular formula is C16H17N3OS. The van der Waals surface area contributed by atoms with Gasteiger partial charge in [0.15, 0.2) is 0 Å². The van der Waals surface area contributed by atoms with Crippen LogP contribution in [0, 0.1) is 0 Å². The number of pyridine rings is 1. The summed E-state index contributed by atoms with van der Waals surface area (Å²) >= 11 is 1.80. The van der Waals surface area contributed by atoms with Crippen LogP contribution in [0.1, 0.15) is 13.8 Å². The number of aromatic nitrogens is 3. The van der Waals surface area contributed by atoms with E-state index in [2.05, 4.69) is 40.1 Å². The Morgan fingerprint density at radius 2 is 2.14 bits per heavy atom. The summed E-state index contributed by atoms with van der Waals surface area (Å²) in [6, 6.07) is 8.18. The van der Waals surface area contributed by atoms with E-state index in [9.17, 15) is 0 Å². The van der Waals surface area contributed by atoms with E-state index in [-0.39, 0.29) is 0 Å². The van der Waals surface area contributed by atoms with Crippen molar-refractivity contribution in [1.29, 1.82) is 0 Å². The fourth-order valence-electron chi connectivity index (χ4n) is 2.21. The van der Waals surface area contributed by atoms with Crippen molar-refractivity contribution in [1.82, 2.24) is 15.0 Å². The predicted molar refractivity (Wildman–Crippen MR) is 86.9 cm³/mol. The van der Waals surface area contributed by atoms with Crippen molar-refractivity contribution in [3.8, 4) is 17.1 Å². The number of ether oxygens (including phenoxy) is 1. The summed E-state index contributed by atoms with van der Waals surface area (Å²) in [5.41, 5.74) is 2.82. The lowest BCUT2D eigenvalue weighted by Crippen LogP contribution is -1.95. The lowest BCUT2D eigenvalue weighted by Gasteiger charge is -2.10. The van der Waals surface area contributed by atoms with E-state index in [1.165, 1.54) is 4.90 Å². The molecule has 1 N–H and O–H groups in total. The molecule has 2 aromatic heterocycles. The Morgan fingerprint density at radius 1 is 1.24 bits per heavy atom. The second-order valence-electron chi connectivity index (χ2n) is 4.50. The highest BCUT2D eigenvalue weighted by Gasteiger charge is 2.12. The highest BCUT2D eigenvalue weighted by Crippen LogP contribution is 2.33. The molecule has 0 unspecified atom stereocenters. The van der Waals surface area contributed by atoms with Crippen LogP contribution in [0.2, 0.25) is 0 Å². The SMILES string of the molecule is CCOc1cc(SCC)ccc1-c1nc2cnccc2[nH]1. The number of hydrogen-bond acceptors (Lipinski definition) is 4. The van der Waals surface area contributed by atoms with E-state index in [4.69, 9.17) is 4.74 Å². The monoisotopic (exact) mass is 299 g/mol. The number of thioether (sulfide) groups is 1. The number of nitrogens with one attached hydrogen (secondary N) is 1. The molecule has 0 saturated carbocycles. The van der Waals surface area contributed by atoms with Crippen LogP contribution in [0.25, 0.3) is 22.4 Å². The minimum atomic E-state index is 0.634. The Labute approximate surface area is 128 Å². The number of benzene rings is 1. The molecule has 0 aliphatic carbocycles. The zero-order valence-corrected chi connectivity index (χ0v) is 12.9. The van der Waals surface area contributed by atoms with Crippen LogP contribution in [0.15, 0.2) is 41.6 Å². The first-order valence-electron chi connectivity index (χ1n) is 7.01. The van der Waals surface area contributed by atoms with Gasteiger partial charge in [-0.3, -0.25) is 4.98 Å². The zero-order chi connectivity index (χ0) is 14.7. The molecule has 0 aliphatic rings. The molecule has 0 fully saturated rings. The Hall–Kier alpha value is -2.01. The highest BCUT2D eigenvalue weighted by molar-refractivity contribution is 7.99. The topological polar surface area (TPSA) is 50.8 Å². The van der Waals surface area contributed by atoms with Gasteiger partial charge in [-0.15, -0.1) is 11.8 Å². The van der Waals surface area contributed by atoms with Gasteiger partial charge >= 0.3 is 0 Å². The van der Waals surface area contributed by atoms with Crippen molar-refractivity contribution in [2.75, 3.05) is 12.4 Å². The number of aromatic amines is 1. The Bertz CT molecular complexity index is 721. The summed E-state index contributed by atoms with van der Waals surface area (Å²) in [7, 11) is 0. The summed E-state index contributed by atoms with van der Waals surface area (Å²) in [5, 5.41) is 0. The van der Waals surface area contributed by atoms with Crippen LogP contribution in [-0.4, -0.2) is 27.3 Å². The standard InChI is InChI=1S/C16H17N3OS/c1-3-20-15-9-11(21-4-2)5-6-12(15)16-18-13-7-8-17-10-14(13)19-16/h5-10H,3-4H2,1-2H3,(H,18,19). The van der Waals surface area contributed by atoms with Gasteiger partial charge in [-0.1, -0.05) is 6.92 Å². The van der Waals surface area contributed by atoms with E-state index < -0.39 is 0 Å². The van der Waals surface area contributed by atoms with Gasteiger partial charge in [0.2, 0.25) is 0 Å². The van der Waals surface area contributed by atoms with E-state index in [0.29, 0.717) is 6.61 Å². The van der Waals surface area contributed by atoms with Gasteiger partial charge in [0, 0.05) is 11.1 Å². The van der Waals surface area contributed by atoms with Crippen LogP contribution in [0.4, 0.5) is 0 Å². The van der Waals surface area contributed by atoms with Crippen molar-refractivity contribution in [2.45, 2.75) is 18.7 Å². The molecule has 0 amide bonds. The van der Waals surface area contributed by atoms with Crippen LogP contribution >= 0.6 is 11.8 Å². The summed E-state index contributed by atoms with van der Waals surface area (Å²) < 4.78 is 5.79. The third kappa shape index (κ3) is 2.88. The number of H-pyrrole nitrogens is 1. The zero-order valence-electron chi connectivity index (χ0n) is 12.1. The van der Waals surface area contributed by atoms with Crippen molar-refractivity contribution in [3.05, 3.63) is 36.7 Å². The number of fused-ring (bicyclic) bond motifs is 1. The third-order valence-corrected chi connectivity index (χ3v) is 3.98. The fourth-order valence-corrected chi connectivity index (χ4v) is 2.90. The average molecular weight is 299 g/mol. The Balaban J connectivity index is 2.07. The Kier molecular flexibility index (Phi) is 4.10. The molecule has 108 valence electrons. The average Bonchev–Trinajstić information content (AvgIpc) is 2.92. The van der Waals surface area contributed by atoms with Gasteiger partial charge in [0.05, 0.1) is 23.9 Å². The minimum Gasteiger partial charge on any atom is -0.493 e.